The maximum Gasteiger partial charge on any atom is 0.225 e. The summed E-state index contributed by atoms with van der Waals surface area (Å²) in [6, 6.07) is 2.25. The number of ether oxygens (including phenoxy) is 1. The van der Waals surface area contributed by atoms with Crippen molar-refractivity contribution in [3.05, 3.63) is 23.7 Å². The van der Waals surface area contributed by atoms with E-state index in [9.17, 15) is 5.11 Å². The molecule has 0 saturated heterocycles. The van der Waals surface area contributed by atoms with Crippen LogP contribution in [0.1, 0.15) is 76.6 Å². The maximum absolute atomic E-state index is 10.6. The first-order valence-electron chi connectivity index (χ1n) is 13.5. The van der Waals surface area contributed by atoms with Crippen molar-refractivity contribution < 1.29 is 9.84 Å². The second kappa shape index (κ2) is 10.4. The van der Waals surface area contributed by atoms with E-state index in [-0.39, 0.29) is 17.5 Å². The predicted molar refractivity (Wildman–Crippen MR) is 150 cm³/mol. The molecule has 3 N–H and O–H groups in total. The molecule has 3 aromatic heterocycles. The molecule has 8 nitrogen and oxygen atoms in total. The van der Waals surface area contributed by atoms with Crippen LogP contribution in [-0.2, 0) is 4.74 Å². The number of aryl methyl sites for hydroxylation is 2. The third-order valence-electron chi connectivity index (χ3n) is 8.17. The van der Waals surface area contributed by atoms with Crippen LogP contribution in [0.5, 0.6) is 0 Å². The van der Waals surface area contributed by atoms with Gasteiger partial charge in [0.05, 0.1) is 39.4 Å². The minimum absolute atomic E-state index is 0.143. The van der Waals surface area contributed by atoms with E-state index >= 15 is 0 Å². The number of pyridine rings is 1. The summed E-state index contributed by atoms with van der Waals surface area (Å²) in [7, 11) is 1.77. The fourth-order valence-corrected chi connectivity index (χ4v) is 7.18. The number of anilines is 2. The fourth-order valence-electron chi connectivity index (χ4n) is 6.07. The molecule has 3 heterocycles. The first-order chi connectivity index (χ1) is 17.7. The van der Waals surface area contributed by atoms with E-state index in [1.54, 1.807) is 18.4 Å². The normalized spacial score (nSPS) is 21.9. The van der Waals surface area contributed by atoms with Crippen molar-refractivity contribution in [2.75, 3.05) is 24.4 Å². The molecule has 2 atom stereocenters. The average Bonchev–Trinajstić information content (AvgIpc) is 3.48. The topological polar surface area (TPSA) is 105 Å². The van der Waals surface area contributed by atoms with Crippen LogP contribution in [0.4, 0.5) is 11.8 Å². The van der Waals surface area contributed by atoms with Crippen LogP contribution in [0.2, 0.25) is 0 Å². The highest BCUT2D eigenvalue weighted by Crippen LogP contribution is 2.40. The van der Waals surface area contributed by atoms with E-state index in [4.69, 9.17) is 19.7 Å². The molecular formula is C28H40N6O2S. The Hall–Kier alpha value is -2.36. The van der Waals surface area contributed by atoms with Crippen LogP contribution in [0.3, 0.4) is 0 Å². The quantitative estimate of drug-likeness (QED) is 0.336. The van der Waals surface area contributed by atoms with E-state index in [1.165, 1.54) is 19.3 Å². The number of hydrogen-bond donors (Lipinski definition) is 3. The Morgan fingerprint density at radius 3 is 2.57 bits per heavy atom. The zero-order valence-electron chi connectivity index (χ0n) is 22.7. The van der Waals surface area contributed by atoms with Crippen LogP contribution in [0, 0.1) is 19.8 Å². The first-order valence-corrected chi connectivity index (χ1v) is 14.4. The van der Waals surface area contributed by atoms with Gasteiger partial charge < -0.3 is 20.5 Å². The summed E-state index contributed by atoms with van der Waals surface area (Å²) in [6.07, 6.45) is 10.5. The highest BCUT2D eigenvalue weighted by Gasteiger charge is 2.36. The molecule has 37 heavy (non-hydrogen) atoms. The standard InChI is InChI=1S/C28H40N6O2S/c1-17-22(25-32-23-18(2)29-14-11-21(23)37-25)24(31-20-10-9-19(15-20)27(3,4)35)33-26(30-17)34-28(16-36-5)12-7-6-8-13-28/h11,14,19-20,35H,6-10,12-13,15-16H2,1-5H3,(H2,30,31,33,34). The van der Waals surface area contributed by atoms with Crippen molar-refractivity contribution in [3.8, 4) is 10.6 Å². The van der Waals surface area contributed by atoms with Crippen LogP contribution in [-0.4, -0.2) is 55.9 Å². The van der Waals surface area contributed by atoms with Gasteiger partial charge in [-0.1, -0.05) is 19.3 Å². The summed E-state index contributed by atoms with van der Waals surface area (Å²) in [5, 5.41) is 18.9. The molecular weight excluding hydrogens is 484 g/mol. The number of nitrogens with one attached hydrogen (secondary N) is 2. The minimum atomic E-state index is -0.682. The number of nitrogens with zero attached hydrogens (tertiary/aromatic N) is 4. The Labute approximate surface area is 223 Å². The summed E-state index contributed by atoms with van der Waals surface area (Å²) in [5.41, 5.74) is 2.87. The van der Waals surface area contributed by atoms with Crippen LogP contribution < -0.4 is 10.6 Å². The number of methoxy groups -OCH3 is 1. The van der Waals surface area contributed by atoms with Crippen LogP contribution in [0.25, 0.3) is 20.8 Å². The Morgan fingerprint density at radius 1 is 1.11 bits per heavy atom. The Balaban J connectivity index is 1.53. The largest absolute Gasteiger partial charge is 0.390 e. The lowest BCUT2D eigenvalue weighted by Gasteiger charge is -2.37. The number of aromatic nitrogens is 4. The molecule has 9 heteroatoms. The summed E-state index contributed by atoms with van der Waals surface area (Å²) >= 11 is 1.65. The smallest absolute Gasteiger partial charge is 0.225 e. The van der Waals surface area contributed by atoms with Crippen LogP contribution in [0.15, 0.2) is 12.3 Å². The molecule has 200 valence electrons. The summed E-state index contributed by atoms with van der Waals surface area (Å²) in [5.74, 6) is 1.71. The maximum atomic E-state index is 10.6. The SMILES string of the molecule is COCC1(Nc2nc(C)c(-c3nc4c(C)nccc4s3)c(NC3CCC(C(C)(C)O)C3)n2)CCCCC1. The monoisotopic (exact) mass is 524 g/mol. The van der Waals surface area contributed by atoms with Gasteiger partial charge in [0, 0.05) is 19.3 Å². The van der Waals surface area contributed by atoms with Crippen LogP contribution >= 0.6 is 11.3 Å². The predicted octanol–water partition coefficient (Wildman–Crippen LogP) is 5.88. The lowest BCUT2D eigenvalue weighted by atomic mass is 9.82. The van der Waals surface area contributed by atoms with Gasteiger partial charge in [0.1, 0.15) is 16.3 Å². The van der Waals surface area contributed by atoms with Gasteiger partial charge in [-0.3, -0.25) is 4.98 Å². The van der Waals surface area contributed by atoms with Gasteiger partial charge in [-0.25, -0.2) is 9.97 Å². The fraction of sp³-hybridized carbons (Fsp3) is 0.643. The van der Waals surface area contributed by atoms with Crippen molar-refractivity contribution in [2.45, 2.75) is 96.2 Å². The zero-order chi connectivity index (χ0) is 26.2. The molecule has 0 bridgehead atoms. The number of rotatable bonds is 8. The number of aliphatic hydroxyl groups is 1. The molecule has 3 aromatic rings. The Bertz CT molecular complexity index is 1240. The van der Waals surface area contributed by atoms with E-state index in [2.05, 4.69) is 15.6 Å². The van der Waals surface area contributed by atoms with Gasteiger partial charge in [0.25, 0.3) is 0 Å². The first kappa shape index (κ1) is 26.3. The summed E-state index contributed by atoms with van der Waals surface area (Å²) < 4.78 is 6.75. The second-order valence-corrected chi connectivity index (χ2v) is 12.6. The third kappa shape index (κ3) is 5.59. The molecule has 0 aliphatic heterocycles. The average molecular weight is 525 g/mol. The molecule has 0 aromatic carbocycles. The van der Waals surface area contributed by atoms with Gasteiger partial charge in [0.2, 0.25) is 5.95 Å². The lowest BCUT2D eigenvalue weighted by molar-refractivity contribution is 0.0197. The summed E-state index contributed by atoms with van der Waals surface area (Å²) in [4.78, 5) is 19.4. The molecule has 0 amide bonds. The van der Waals surface area contributed by atoms with Gasteiger partial charge in [-0.05, 0) is 71.8 Å². The molecule has 2 unspecified atom stereocenters. The van der Waals surface area contributed by atoms with E-state index in [0.717, 1.165) is 70.1 Å². The van der Waals surface area contributed by atoms with Gasteiger partial charge in [0.15, 0.2) is 0 Å². The summed E-state index contributed by atoms with van der Waals surface area (Å²) in [6.45, 7) is 8.51. The molecule has 5 rings (SSSR count). The Kier molecular flexibility index (Phi) is 7.40. The van der Waals surface area contributed by atoms with Crippen molar-refractivity contribution in [2.24, 2.45) is 5.92 Å². The van der Waals surface area contributed by atoms with Gasteiger partial charge in [-0.2, -0.15) is 4.98 Å². The highest BCUT2D eigenvalue weighted by molar-refractivity contribution is 7.21. The van der Waals surface area contributed by atoms with Crippen molar-refractivity contribution in [1.82, 2.24) is 19.9 Å². The number of hydrogen-bond acceptors (Lipinski definition) is 9. The molecule has 2 saturated carbocycles. The lowest BCUT2D eigenvalue weighted by Crippen LogP contribution is -2.45. The molecule has 2 fully saturated rings. The van der Waals surface area contributed by atoms with Gasteiger partial charge in [-0.15, -0.1) is 11.3 Å². The van der Waals surface area contributed by atoms with Crippen molar-refractivity contribution in [1.29, 1.82) is 0 Å². The van der Waals surface area contributed by atoms with Gasteiger partial charge >= 0.3 is 0 Å². The molecule has 2 aliphatic carbocycles. The molecule has 0 radical (unpaired) electrons. The highest BCUT2D eigenvalue weighted by atomic mass is 32.1. The number of thiazole rings is 1. The van der Waals surface area contributed by atoms with E-state index in [1.807, 2.05) is 40.0 Å². The van der Waals surface area contributed by atoms with Crippen molar-refractivity contribution in [3.63, 3.8) is 0 Å². The molecule has 2 aliphatic rings. The Morgan fingerprint density at radius 2 is 1.89 bits per heavy atom. The second-order valence-electron chi connectivity index (χ2n) is 11.5. The minimum Gasteiger partial charge on any atom is -0.390 e. The third-order valence-corrected chi connectivity index (χ3v) is 9.21. The van der Waals surface area contributed by atoms with Crippen molar-refractivity contribution >= 4 is 33.3 Å². The number of fused-ring (bicyclic) bond motifs is 1. The zero-order valence-corrected chi connectivity index (χ0v) is 23.5. The van der Waals surface area contributed by atoms with E-state index < -0.39 is 5.60 Å². The van der Waals surface area contributed by atoms with E-state index in [0.29, 0.717) is 12.6 Å². The molecule has 0 spiro atoms.